The summed E-state index contributed by atoms with van der Waals surface area (Å²) >= 11 is 0. The molecule has 0 amide bonds. The molecular formula is C15H26N6. The molecule has 1 aliphatic carbocycles. The Morgan fingerprint density at radius 1 is 1.00 bits per heavy atom. The molecule has 0 bridgehead atoms. The minimum atomic E-state index is 0.316. The average Bonchev–Trinajstić information content (AvgIpc) is 2.50. The summed E-state index contributed by atoms with van der Waals surface area (Å²) in [6.07, 6.45) is 8.77. The molecule has 2 unspecified atom stereocenters. The van der Waals surface area contributed by atoms with Crippen molar-refractivity contribution in [2.75, 3.05) is 29.0 Å². The summed E-state index contributed by atoms with van der Waals surface area (Å²) in [5, 5.41) is 3.48. The summed E-state index contributed by atoms with van der Waals surface area (Å²) in [5.41, 5.74) is 5.88. The molecule has 1 aliphatic heterocycles. The number of nitrogen functional groups attached to an aromatic ring is 1. The Morgan fingerprint density at radius 2 is 1.76 bits per heavy atom. The Labute approximate surface area is 126 Å². The fraction of sp³-hybridized carbons (Fsp3) is 0.800. The number of nitrogens with two attached hydrogens (primary N) is 1. The zero-order valence-corrected chi connectivity index (χ0v) is 12.9. The lowest BCUT2D eigenvalue weighted by Gasteiger charge is -2.30. The lowest BCUT2D eigenvalue weighted by atomic mass is 9.86. The van der Waals surface area contributed by atoms with Crippen LogP contribution in [0.25, 0.3) is 0 Å². The van der Waals surface area contributed by atoms with E-state index < -0.39 is 0 Å². The fourth-order valence-electron chi connectivity index (χ4n) is 3.38. The van der Waals surface area contributed by atoms with Crippen LogP contribution in [-0.2, 0) is 0 Å². The number of piperidine rings is 1. The van der Waals surface area contributed by atoms with E-state index in [1.54, 1.807) is 0 Å². The zero-order valence-electron chi connectivity index (χ0n) is 12.9. The van der Waals surface area contributed by atoms with Crippen molar-refractivity contribution in [3.05, 3.63) is 0 Å². The summed E-state index contributed by atoms with van der Waals surface area (Å²) in [5.74, 6) is 2.35. The number of aromatic nitrogens is 3. The van der Waals surface area contributed by atoms with Crippen molar-refractivity contribution in [1.82, 2.24) is 15.0 Å². The van der Waals surface area contributed by atoms with Crippen molar-refractivity contribution in [2.24, 2.45) is 5.92 Å². The van der Waals surface area contributed by atoms with Gasteiger partial charge in [-0.05, 0) is 38.0 Å². The van der Waals surface area contributed by atoms with Crippen LogP contribution in [0.1, 0.15) is 51.9 Å². The van der Waals surface area contributed by atoms with E-state index in [1.807, 2.05) is 0 Å². The molecule has 0 aromatic carbocycles. The monoisotopic (exact) mass is 290 g/mol. The summed E-state index contributed by atoms with van der Waals surface area (Å²) in [7, 11) is 0. The molecule has 3 N–H and O–H groups in total. The van der Waals surface area contributed by atoms with Crippen molar-refractivity contribution in [1.29, 1.82) is 0 Å². The molecule has 6 heteroatoms. The number of anilines is 3. The highest BCUT2D eigenvalue weighted by molar-refractivity contribution is 5.42. The second-order valence-corrected chi connectivity index (χ2v) is 6.38. The van der Waals surface area contributed by atoms with Gasteiger partial charge in [-0.1, -0.05) is 19.8 Å². The first-order valence-electron chi connectivity index (χ1n) is 8.25. The quantitative estimate of drug-likeness (QED) is 0.890. The van der Waals surface area contributed by atoms with Crippen LogP contribution >= 0.6 is 0 Å². The highest BCUT2D eigenvalue weighted by Crippen LogP contribution is 2.26. The minimum absolute atomic E-state index is 0.316. The van der Waals surface area contributed by atoms with Crippen LogP contribution in [0, 0.1) is 5.92 Å². The lowest BCUT2D eigenvalue weighted by molar-refractivity contribution is 0.348. The van der Waals surface area contributed by atoms with Gasteiger partial charge >= 0.3 is 0 Å². The van der Waals surface area contributed by atoms with Gasteiger partial charge < -0.3 is 16.0 Å². The van der Waals surface area contributed by atoms with Gasteiger partial charge in [-0.25, -0.2) is 0 Å². The van der Waals surface area contributed by atoms with Gasteiger partial charge in [0, 0.05) is 19.1 Å². The summed E-state index contributed by atoms with van der Waals surface area (Å²) < 4.78 is 0. The van der Waals surface area contributed by atoms with Crippen molar-refractivity contribution >= 4 is 17.8 Å². The first-order chi connectivity index (χ1) is 10.2. The van der Waals surface area contributed by atoms with Crippen LogP contribution in [0.3, 0.4) is 0 Å². The molecule has 2 heterocycles. The van der Waals surface area contributed by atoms with Crippen molar-refractivity contribution in [2.45, 2.75) is 57.9 Å². The van der Waals surface area contributed by atoms with E-state index in [0.717, 1.165) is 19.0 Å². The Kier molecular flexibility index (Phi) is 4.41. The fourth-order valence-corrected chi connectivity index (χ4v) is 3.38. The minimum Gasteiger partial charge on any atom is -0.368 e. The molecule has 1 aromatic heterocycles. The first-order valence-corrected chi connectivity index (χ1v) is 8.25. The van der Waals surface area contributed by atoms with Crippen LogP contribution in [-0.4, -0.2) is 34.1 Å². The molecule has 1 saturated carbocycles. The predicted molar refractivity (Wildman–Crippen MR) is 85.3 cm³/mol. The Bertz CT molecular complexity index is 471. The van der Waals surface area contributed by atoms with E-state index >= 15 is 0 Å². The maximum atomic E-state index is 5.88. The molecule has 21 heavy (non-hydrogen) atoms. The zero-order chi connectivity index (χ0) is 14.7. The number of hydrogen-bond acceptors (Lipinski definition) is 6. The van der Waals surface area contributed by atoms with Gasteiger partial charge in [-0.15, -0.1) is 0 Å². The molecule has 1 aromatic rings. The second-order valence-electron chi connectivity index (χ2n) is 6.38. The third-order valence-electron chi connectivity index (χ3n) is 4.71. The molecule has 116 valence electrons. The van der Waals surface area contributed by atoms with Gasteiger partial charge in [0.2, 0.25) is 17.8 Å². The van der Waals surface area contributed by atoms with Crippen LogP contribution in [0.15, 0.2) is 0 Å². The van der Waals surface area contributed by atoms with E-state index in [4.69, 9.17) is 5.73 Å². The van der Waals surface area contributed by atoms with Gasteiger partial charge in [0.05, 0.1) is 0 Å². The normalized spacial score (nSPS) is 26.6. The maximum Gasteiger partial charge on any atom is 0.231 e. The second kappa shape index (κ2) is 6.45. The van der Waals surface area contributed by atoms with E-state index in [1.165, 1.54) is 44.9 Å². The van der Waals surface area contributed by atoms with Gasteiger partial charge in [-0.2, -0.15) is 15.0 Å². The van der Waals surface area contributed by atoms with E-state index in [0.29, 0.717) is 23.9 Å². The summed E-state index contributed by atoms with van der Waals surface area (Å²) in [6.45, 7) is 4.33. The van der Waals surface area contributed by atoms with Crippen molar-refractivity contribution in [3.63, 3.8) is 0 Å². The highest BCUT2D eigenvalue weighted by Gasteiger charge is 2.23. The Hall–Kier alpha value is -1.59. The van der Waals surface area contributed by atoms with E-state index in [2.05, 4.69) is 32.1 Å². The molecule has 3 rings (SSSR count). The molecular weight excluding hydrogens is 264 g/mol. The van der Waals surface area contributed by atoms with Crippen molar-refractivity contribution < 1.29 is 0 Å². The highest BCUT2D eigenvalue weighted by atomic mass is 15.3. The molecule has 2 atom stereocenters. The smallest absolute Gasteiger partial charge is 0.231 e. The van der Waals surface area contributed by atoms with Crippen molar-refractivity contribution in [3.8, 4) is 0 Å². The van der Waals surface area contributed by atoms with Crippen LogP contribution in [0.4, 0.5) is 17.8 Å². The summed E-state index contributed by atoms with van der Waals surface area (Å²) in [4.78, 5) is 15.4. The first kappa shape index (κ1) is 14.4. The number of rotatable bonds is 3. The van der Waals surface area contributed by atoms with Crippen LogP contribution in [0.5, 0.6) is 0 Å². The van der Waals surface area contributed by atoms with Gasteiger partial charge in [0.25, 0.3) is 0 Å². The Morgan fingerprint density at radius 3 is 2.52 bits per heavy atom. The molecule has 2 fully saturated rings. The number of hydrogen-bond donors (Lipinski definition) is 2. The standard InChI is InChI=1S/C15H26N6/c1-11-7-3-4-8-12(11)17-14-18-13(16)19-15(20-14)21-9-5-2-6-10-21/h11-12H,2-10H2,1H3,(H3,16,17,18,19,20). The molecule has 1 saturated heterocycles. The average molecular weight is 290 g/mol. The lowest BCUT2D eigenvalue weighted by Crippen LogP contribution is -2.33. The van der Waals surface area contributed by atoms with E-state index in [9.17, 15) is 0 Å². The molecule has 0 radical (unpaired) electrons. The SMILES string of the molecule is CC1CCCCC1Nc1nc(N)nc(N2CCCCC2)n1. The van der Waals surface area contributed by atoms with E-state index in [-0.39, 0.29) is 0 Å². The third kappa shape index (κ3) is 3.54. The molecule has 2 aliphatic rings. The van der Waals surface area contributed by atoms with Gasteiger partial charge in [0.1, 0.15) is 0 Å². The molecule has 0 spiro atoms. The predicted octanol–water partition coefficient (Wildman–Crippen LogP) is 2.43. The number of nitrogens with zero attached hydrogens (tertiary/aromatic N) is 4. The van der Waals surface area contributed by atoms with Gasteiger partial charge in [0.15, 0.2) is 0 Å². The largest absolute Gasteiger partial charge is 0.368 e. The Balaban J connectivity index is 1.73. The van der Waals surface area contributed by atoms with Crippen LogP contribution in [0.2, 0.25) is 0 Å². The summed E-state index contributed by atoms with van der Waals surface area (Å²) in [6, 6.07) is 0.453. The van der Waals surface area contributed by atoms with Crippen LogP contribution < -0.4 is 16.0 Å². The molecule has 6 nitrogen and oxygen atoms in total. The van der Waals surface area contributed by atoms with Gasteiger partial charge in [-0.3, -0.25) is 0 Å². The third-order valence-corrected chi connectivity index (χ3v) is 4.71. The topological polar surface area (TPSA) is 80.0 Å². The number of nitrogens with one attached hydrogen (secondary N) is 1. The maximum absolute atomic E-state index is 5.88.